The van der Waals surface area contributed by atoms with Crippen LogP contribution in [0, 0.1) is 11.8 Å². The lowest BCUT2D eigenvalue weighted by molar-refractivity contribution is -0.121. The van der Waals surface area contributed by atoms with Gasteiger partial charge in [0.1, 0.15) is 0 Å². The van der Waals surface area contributed by atoms with Crippen LogP contribution in [0.5, 0.6) is 0 Å². The van der Waals surface area contributed by atoms with Gasteiger partial charge in [-0.3, -0.25) is 9.69 Å². The molecule has 1 aromatic carbocycles. The molecule has 0 bridgehead atoms. The van der Waals surface area contributed by atoms with E-state index in [1.54, 1.807) is 18.2 Å². The summed E-state index contributed by atoms with van der Waals surface area (Å²) in [7, 11) is 0. The third-order valence-corrected chi connectivity index (χ3v) is 4.56. The van der Waals surface area contributed by atoms with Crippen molar-refractivity contribution in [2.45, 2.75) is 33.2 Å². The van der Waals surface area contributed by atoms with Gasteiger partial charge in [0.25, 0.3) is 0 Å². The zero-order valence-electron chi connectivity index (χ0n) is 12.7. The van der Waals surface area contributed by atoms with Crippen molar-refractivity contribution in [3.8, 4) is 0 Å². The molecule has 0 aromatic heterocycles. The molecule has 1 aromatic rings. The second-order valence-electron chi connectivity index (χ2n) is 6.19. The van der Waals surface area contributed by atoms with Crippen molar-refractivity contribution in [1.82, 2.24) is 4.90 Å². The Labute approximate surface area is 136 Å². The number of carbonyl (C=O) groups is 1. The molecule has 0 saturated carbocycles. The Morgan fingerprint density at radius 2 is 1.90 bits per heavy atom. The summed E-state index contributed by atoms with van der Waals surface area (Å²) < 4.78 is 0. The number of nitrogens with zero attached hydrogens (tertiary/aromatic N) is 1. The van der Waals surface area contributed by atoms with Crippen LogP contribution in [-0.2, 0) is 4.79 Å². The lowest BCUT2D eigenvalue weighted by atomic mass is 9.91. The van der Waals surface area contributed by atoms with E-state index in [0.717, 1.165) is 13.1 Å². The van der Waals surface area contributed by atoms with Crippen molar-refractivity contribution in [2.75, 3.05) is 18.4 Å². The highest BCUT2D eigenvalue weighted by atomic mass is 35.5. The summed E-state index contributed by atoms with van der Waals surface area (Å²) in [6, 6.07) is 4.92. The number of piperidine rings is 1. The van der Waals surface area contributed by atoms with Crippen molar-refractivity contribution < 1.29 is 4.79 Å². The third-order valence-electron chi connectivity index (χ3n) is 4.01. The molecule has 0 aliphatic carbocycles. The molecule has 3 nitrogen and oxygen atoms in total. The van der Waals surface area contributed by atoms with Gasteiger partial charge >= 0.3 is 0 Å². The molecule has 0 spiro atoms. The smallest absolute Gasteiger partial charge is 0.241 e. The Bertz CT molecular complexity index is 511. The quantitative estimate of drug-likeness (QED) is 0.897. The number of benzene rings is 1. The Morgan fingerprint density at radius 3 is 2.48 bits per heavy atom. The molecular weight excluding hydrogens is 307 g/mol. The SMILES string of the molecule is C[C@@H]1C[C@H](C)CN([C@H](C)C(=O)Nc2ccc(Cl)cc2Cl)C1. The van der Waals surface area contributed by atoms with E-state index in [-0.39, 0.29) is 11.9 Å². The number of hydrogen-bond donors (Lipinski definition) is 1. The first-order valence-corrected chi connectivity index (χ1v) is 8.12. The largest absolute Gasteiger partial charge is 0.323 e. The molecule has 5 heteroatoms. The van der Waals surface area contributed by atoms with E-state index in [2.05, 4.69) is 24.1 Å². The summed E-state index contributed by atoms with van der Waals surface area (Å²) in [6.45, 7) is 8.36. The molecule has 1 saturated heterocycles. The molecule has 1 heterocycles. The van der Waals surface area contributed by atoms with Crippen LogP contribution >= 0.6 is 23.2 Å². The fraction of sp³-hybridized carbons (Fsp3) is 0.562. The fourth-order valence-corrected chi connectivity index (χ4v) is 3.48. The summed E-state index contributed by atoms with van der Waals surface area (Å²) in [4.78, 5) is 14.7. The average molecular weight is 329 g/mol. The molecule has 2 rings (SSSR count). The molecule has 1 amide bonds. The van der Waals surface area contributed by atoms with Crippen molar-refractivity contribution in [1.29, 1.82) is 0 Å². The lowest BCUT2D eigenvalue weighted by Gasteiger charge is -2.38. The average Bonchev–Trinajstić information content (AvgIpc) is 2.40. The van der Waals surface area contributed by atoms with Gasteiger partial charge in [-0.05, 0) is 43.4 Å². The molecule has 1 N–H and O–H groups in total. The standard InChI is InChI=1S/C16H22Cl2N2O/c1-10-6-11(2)9-20(8-10)12(3)16(21)19-15-5-4-13(17)7-14(15)18/h4-5,7,10-12H,6,8-9H2,1-3H3,(H,19,21)/t10-,11+,12-/m1/s1. The van der Waals surface area contributed by atoms with Gasteiger partial charge in [-0.2, -0.15) is 0 Å². The van der Waals surface area contributed by atoms with Crippen molar-refractivity contribution >= 4 is 34.8 Å². The highest BCUT2D eigenvalue weighted by Crippen LogP contribution is 2.27. The molecule has 1 aliphatic heterocycles. The van der Waals surface area contributed by atoms with E-state index in [9.17, 15) is 4.79 Å². The fourth-order valence-electron chi connectivity index (χ4n) is 3.02. The second-order valence-corrected chi connectivity index (χ2v) is 7.03. The number of likely N-dealkylation sites (tertiary alicyclic amines) is 1. The van der Waals surface area contributed by atoms with Crippen LogP contribution in [0.4, 0.5) is 5.69 Å². The van der Waals surface area contributed by atoms with Crippen LogP contribution in [0.15, 0.2) is 18.2 Å². The van der Waals surface area contributed by atoms with E-state index in [0.29, 0.717) is 27.6 Å². The molecule has 3 atom stereocenters. The third kappa shape index (κ3) is 4.35. The minimum Gasteiger partial charge on any atom is -0.323 e. The van der Waals surface area contributed by atoms with Crippen LogP contribution in [0.3, 0.4) is 0 Å². The Balaban J connectivity index is 2.02. The van der Waals surface area contributed by atoms with Gasteiger partial charge in [0.05, 0.1) is 16.8 Å². The number of halogens is 2. The molecular formula is C16H22Cl2N2O. The van der Waals surface area contributed by atoms with Crippen molar-refractivity contribution in [3.63, 3.8) is 0 Å². The number of hydrogen-bond acceptors (Lipinski definition) is 2. The highest BCUT2D eigenvalue weighted by Gasteiger charge is 2.28. The number of anilines is 1. The van der Waals surface area contributed by atoms with Crippen LogP contribution in [-0.4, -0.2) is 29.9 Å². The van der Waals surface area contributed by atoms with Crippen molar-refractivity contribution in [2.24, 2.45) is 11.8 Å². The molecule has 1 aliphatic rings. The maximum Gasteiger partial charge on any atom is 0.241 e. The molecule has 1 fully saturated rings. The molecule has 21 heavy (non-hydrogen) atoms. The van der Waals surface area contributed by atoms with Gasteiger partial charge in [0.15, 0.2) is 0 Å². The summed E-state index contributed by atoms with van der Waals surface area (Å²) in [5, 5.41) is 3.91. The highest BCUT2D eigenvalue weighted by molar-refractivity contribution is 6.36. The minimum absolute atomic E-state index is 0.0273. The maximum absolute atomic E-state index is 12.4. The molecule has 0 radical (unpaired) electrons. The molecule has 116 valence electrons. The summed E-state index contributed by atoms with van der Waals surface area (Å²) in [5.41, 5.74) is 0.607. The zero-order valence-corrected chi connectivity index (χ0v) is 14.2. The number of nitrogens with one attached hydrogen (secondary N) is 1. The summed E-state index contributed by atoms with van der Waals surface area (Å²) in [5.74, 6) is 1.23. The van der Waals surface area contributed by atoms with Gasteiger partial charge < -0.3 is 5.32 Å². The predicted molar refractivity (Wildman–Crippen MR) is 89.1 cm³/mol. The summed E-state index contributed by atoms with van der Waals surface area (Å²) >= 11 is 12.0. The van der Waals surface area contributed by atoms with E-state index in [1.807, 2.05) is 6.92 Å². The second kappa shape index (κ2) is 6.99. The Morgan fingerprint density at radius 1 is 1.29 bits per heavy atom. The number of rotatable bonds is 3. The minimum atomic E-state index is -0.165. The first-order chi connectivity index (χ1) is 9.86. The van der Waals surface area contributed by atoms with Gasteiger partial charge in [-0.1, -0.05) is 37.0 Å². The number of amides is 1. The van der Waals surface area contributed by atoms with Crippen LogP contribution in [0.25, 0.3) is 0 Å². The van der Waals surface area contributed by atoms with Gasteiger partial charge in [-0.15, -0.1) is 0 Å². The van der Waals surface area contributed by atoms with Gasteiger partial charge in [0.2, 0.25) is 5.91 Å². The topological polar surface area (TPSA) is 32.3 Å². The normalized spacial score (nSPS) is 24.6. The monoisotopic (exact) mass is 328 g/mol. The first-order valence-electron chi connectivity index (χ1n) is 7.36. The zero-order chi connectivity index (χ0) is 15.6. The first kappa shape index (κ1) is 16.6. The predicted octanol–water partition coefficient (Wildman–Crippen LogP) is 4.30. The molecule has 0 unspecified atom stereocenters. The van der Waals surface area contributed by atoms with E-state index >= 15 is 0 Å². The Kier molecular flexibility index (Phi) is 5.53. The Hall–Kier alpha value is -0.770. The number of carbonyl (C=O) groups excluding carboxylic acids is 1. The van der Waals surface area contributed by atoms with Gasteiger partial charge in [-0.25, -0.2) is 0 Å². The van der Waals surface area contributed by atoms with Crippen LogP contribution in [0.1, 0.15) is 27.2 Å². The van der Waals surface area contributed by atoms with E-state index in [4.69, 9.17) is 23.2 Å². The maximum atomic E-state index is 12.4. The lowest BCUT2D eigenvalue weighted by Crippen LogP contribution is -2.48. The summed E-state index contributed by atoms with van der Waals surface area (Å²) in [6.07, 6.45) is 1.23. The van der Waals surface area contributed by atoms with Crippen molar-refractivity contribution in [3.05, 3.63) is 28.2 Å². The van der Waals surface area contributed by atoms with Crippen LogP contribution in [0.2, 0.25) is 10.0 Å². The van der Waals surface area contributed by atoms with E-state index in [1.165, 1.54) is 6.42 Å². The van der Waals surface area contributed by atoms with Crippen LogP contribution < -0.4 is 5.32 Å². The van der Waals surface area contributed by atoms with E-state index < -0.39 is 0 Å². The van der Waals surface area contributed by atoms with Gasteiger partial charge in [0, 0.05) is 18.1 Å².